The van der Waals surface area contributed by atoms with Gasteiger partial charge < -0.3 is 9.47 Å². The van der Waals surface area contributed by atoms with Crippen LogP contribution in [0.1, 0.15) is 23.7 Å². The molecule has 4 nitrogen and oxygen atoms in total. The van der Waals surface area contributed by atoms with E-state index >= 15 is 0 Å². The molecule has 0 N–H and O–H groups in total. The molecular formula is C10H13NO3. The second-order valence-corrected chi connectivity index (χ2v) is 2.70. The molecule has 0 unspecified atom stereocenters. The summed E-state index contributed by atoms with van der Waals surface area (Å²) >= 11 is 0. The smallest absolute Gasteiger partial charge is 0.216 e. The van der Waals surface area contributed by atoms with E-state index < -0.39 is 0 Å². The maximum absolute atomic E-state index is 11.4. The summed E-state index contributed by atoms with van der Waals surface area (Å²) in [6.07, 6.45) is 1.91. The van der Waals surface area contributed by atoms with Crippen molar-refractivity contribution < 1.29 is 14.3 Å². The van der Waals surface area contributed by atoms with Crippen LogP contribution in [0, 0.1) is 0 Å². The van der Waals surface area contributed by atoms with Crippen molar-refractivity contribution in [3.8, 4) is 11.6 Å². The van der Waals surface area contributed by atoms with Crippen molar-refractivity contribution in [3.63, 3.8) is 0 Å². The zero-order chi connectivity index (χ0) is 10.6. The third kappa shape index (κ3) is 2.02. The summed E-state index contributed by atoms with van der Waals surface area (Å²) in [6, 6.07) is 1.60. The first-order valence-corrected chi connectivity index (χ1v) is 4.34. The van der Waals surface area contributed by atoms with Gasteiger partial charge in [-0.3, -0.25) is 4.79 Å². The van der Waals surface area contributed by atoms with Gasteiger partial charge in [-0.15, -0.1) is 0 Å². The van der Waals surface area contributed by atoms with Gasteiger partial charge in [-0.2, -0.15) is 0 Å². The molecule has 1 aromatic heterocycles. The Labute approximate surface area is 82.9 Å². The van der Waals surface area contributed by atoms with Crippen LogP contribution in [0.15, 0.2) is 12.3 Å². The molecule has 0 fully saturated rings. The molecule has 0 amide bonds. The maximum Gasteiger partial charge on any atom is 0.216 e. The van der Waals surface area contributed by atoms with Gasteiger partial charge in [0.05, 0.1) is 19.8 Å². The van der Waals surface area contributed by atoms with Crippen molar-refractivity contribution in [2.45, 2.75) is 13.3 Å². The van der Waals surface area contributed by atoms with E-state index in [1.165, 1.54) is 20.4 Å². The number of Topliss-reactive ketones (excluding diaryl/α,β-unsaturated/α-hetero) is 1. The fourth-order valence-corrected chi connectivity index (χ4v) is 1.10. The summed E-state index contributed by atoms with van der Waals surface area (Å²) in [7, 11) is 3.03. The van der Waals surface area contributed by atoms with Gasteiger partial charge in [-0.05, 0) is 0 Å². The van der Waals surface area contributed by atoms with E-state index in [-0.39, 0.29) is 5.78 Å². The number of methoxy groups -OCH3 is 2. The lowest BCUT2D eigenvalue weighted by molar-refractivity contribution is 0.0984. The van der Waals surface area contributed by atoms with Crippen molar-refractivity contribution in [2.75, 3.05) is 14.2 Å². The lowest BCUT2D eigenvalue weighted by Gasteiger charge is -2.07. The number of rotatable bonds is 4. The van der Waals surface area contributed by atoms with E-state index in [0.29, 0.717) is 23.6 Å². The van der Waals surface area contributed by atoms with E-state index in [2.05, 4.69) is 4.98 Å². The molecular weight excluding hydrogens is 182 g/mol. The topological polar surface area (TPSA) is 48.4 Å². The first kappa shape index (κ1) is 10.5. The average molecular weight is 195 g/mol. The molecule has 14 heavy (non-hydrogen) atoms. The van der Waals surface area contributed by atoms with Crippen LogP contribution < -0.4 is 9.47 Å². The van der Waals surface area contributed by atoms with Gasteiger partial charge in [0.1, 0.15) is 5.75 Å². The molecule has 4 heteroatoms. The van der Waals surface area contributed by atoms with E-state index in [1.54, 1.807) is 13.0 Å². The maximum atomic E-state index is 11.4. The number of aromatic nitrogens is 1. The molecule has 0 aliphatic heterocycles. The highest BCUT2D eigenvalue weighted by atomic mass is 16.5. The largest absolute Gasteiger partial charge is 0.496 e. The third-order valence-electron chi connectivity index (χ3n) is 1.89. The molecule has 0 spiro atoms. The highest BCUT2D eigenvalue weighted by Crippen LogP contribution is 2.22. The number of pyridine rings is 1. The summed E-state index contributed by atoms with van der Waals surface area (Å²) in [5.74, 6) is 0.954. The van der Waals surface area contributed by atoms with Gasteiger partial charge >= 0.3 is 0 Å². The third-order valence-corrected chi connectivity index (χ3v) is 1.89. The van der Waals surface area contributed by atoms with Crippen LogP contribution >= 0.6 is 0 Å². The number of ketones is 1. The minimum atomic E-state index is 0.0111. The Hall–Kier alpha value is -1.58. The molecule has 0 atom stereocenters. The van der Waals surface area contributed by atoms with Crippen molar-refractivity contribution in [1.29, 1.82) is 0 Å². The highest BCUT2D eigenvalue weighted by molar-refractivity contribution is 5.98. The Balaban J connectivity index is 3.11. The molecule has 0 aliphatic rings. The first-order valence-electron chi connectivity index (χ1n) is 4.34. The highest BCUT2D eigenvalue weighted by Gasteiger charge is 2.11. The minimum absolute atomic E-state index is 0.0111. The number of carbonyl (C=O) groups excluding carboxylic acids is 1. The normalized spacial score (nSPS) is 9.64. The Morgan fingerprint density at radius 3 is 2.64 bits per heavy atom. The Bertz CT molecular complexity index is 336. The Kier molecular flexibility index (Phi) is 3.45. The number of ether oxygens (including phenoxy) is 2. The van der Waals surface area contributed by atoms with Gasteiger partial charge in [0.2, 0.25) is 5.88 Å². The summed E-state index contributed by atoms with van der Waals surface area (Å²) < 4.78 is 9.99. The monoisotopic (exact) mass is 195 g/mol. The molecule has 1 aromatic rings. The SMILES string of the molecule is CCC(=O)c1cnc(OC)cc1OC. The Morgan fingerprint density at radius 2 is 2.14 bits per heavy atom. The van der Waals surface area contributed by atoms with Gasteiger partial charge in [-0.25, -0.2) is 4.98 Å². The molecule has 1 rings (SSSR count). The molecule has 0 saturated carbocycles. The quantitative estimate of drug-likeness (QED) is 0.686. The molecule has 0 aliphatic carbocycles. The molecule has 0 bridgehead atoms. The summed E-state index contributed by atoms with van der Waals surface area (Å²) in [5.41, 5.74) is 0.496. The molecule has 0 aromatic carbocycles. The Morgan fingerprint density at radius 1 is 1.43 bits per heavy atom. The average Bonchev–Trinajstić information content (AvgIpc) is 2.27. The van der Waals surface area contributed by atoms with Gasteiger partial charge in [-0.1, -0.05) is 6.92 Å². The first-order chi connectivity index (χ1) is 6.72. The standard InChI is InChI=1S/C10H13NO3/c1-4-8(12)7-6-11-10(14-3)5-9(7)13-2/h5-6H,4H2,1-3H3. The number of hydrogen-bond acceptors (Lipinski definition) is 4. The van der Waals surface area contributed by atoms with E-state index in [0.717, 1.165) is 0 Å². The molecule has 76 valence electrons. The summed E-state index contributed by atoms with van der Waals surface area (Å²) in [5, 5.41) is 0. The van der Waals surface area contributed by atoms with Gasteiger partial charge in [0.15, 0.2) is 5.78 Å². The summed E-state index contributed by atoms with van der Waals surface area (Å²) in [6.45, 7) is 1.80. The van der Waals surface area contributed by atoms with Crippen molar-refractivity contribution in [2.24, 2.45) is 0 Å². The number of hydrogen-bond donors (Lipinski definition) is 0. The van der Waals surface area contributed by atoms with E-state index in [1.807, 2.05) is 0 Å². The second-order valence-electron chi connectivity index (χ2n) is 2.70. The van der Waals surface area contributed by atoms with Crippen LogP contribution in [0.25, 0.3) is 0 Å². The molecule has 1 heterocycles. The predicted molar refractivity (Wildman–Crippen MR) is 52.0 cm³/mol. The number of carbonyl (C=O) groups is 1. The van der Waals surface area contributed by atoms with Crippen molar-refractivity contribution >= 4 is 5.78 Å². The number of nitrogens with zero attached hydrogens (tertiary/aromatic N) is 1. The second kappa shape index (κ2) is 4.60. The van der Waals surface area contributed by atoms with Crippen LogP contribution in [0.2, 0.25) is 0 Å². The minimum Gasteiger partial charge on any atom is -0.496 e. The fraction of sp³-hybridized carbons (Fsp3) is 0.400. The lowest BCUT2D eigenvalue weighted by Crippen LogP contribution is -2.02. The van der Waals surface area contributed by atoms with E-state index in [4.69, 9.17) is 9.47 Å². The van der Waals surface area contributed by atoms with Gasteiger partial charge in [0.25, 0.3) is 0 Å². The van der Waals surface area contributed by atoms with Crippen molar-refractivity contribution in [1.82, 2.24) is 4.98 Å². The van der Waals surface area contributed by atoms with Crippen molar-refractivity contribution in [3.05, 3.63) is 17.8 Å². The van der Waals surface area contributed by atoms with Crippen LogP contribution in [0.5, 0.6) is 11.6 Å². The van der Waals surface area contributed by atoms with Crippen LogP contribution in [-0.2, 0) is 0 Å². The van der Waals surface area contributed by atoms with Crippen LogP contribution in [0.4, 0.5) is 0 Å². The molecule has 0 saturated heterocycles. The fourth-order valence-electron chi connectivity index (χ4n) is 1.10. The predicted octanol–water partition coefficient (Wildman–Crippen LogP) is 1.69. The summed E-state index contributed by atoms with van der Waals surface area (Å²) in [4.78, 5) is 15.4. The zero-order valence-electron chi connectivity index (χ0n) is 8.53. The van der Waals surface area contributed by atoms with Crippen LogP contribution in [-0.4, -0.2) is 25.0 Å². The zero-order valence-corrected chi connectivity index (χ0v) is 8.53. The van der Waals surface area contributed by atoms with E-state index in [9.17, 15) is 4.79 Å². The van der Waals surface area contributed by atoms with Gasteiger partial charge in [0, 0.05) is 18.7 Å². The molecule has 0 radical (unpaired) electrons. The lowest BCUT2D eigenvalue weighted by atomic mass is 10.1. The van der Waals surface area contributed by atoms with Crippen LogP contribution in [0.3, 0.4) is 0 Å².